The molecule has 1 aromatic heterocycles. The maximum absolute atomic E-state index is 15.2. The molecule has 1 aliphatic heterocycles. The average molecular weight is 417 g/mol. The topological polar surface area (TPSA) is 74.6 Å². The first kappa shape index (κ1) is 19.5. The van der Waals surface area contributed by atoms with Gasteiger partial charge in [-0.25, -0.2) is 13.6 Å². The summed E-state index contributed by atoms with van der Waals surface area (Å²) in [5, 5.41) is 12.8. The molecule has 2 unspecified atom stereocenters. The van der Waals surface area contributed by atoms with Gasteiger partial charge in [0.25, 0.3) is 0 Å². The standard InChI is InChI=1S/C22H25F2N3O3/c1-11-19-15(21(28)16(22(29)30)9-27(19)14-4-5-14)6-17(23)20(11)26-8-12(18(24)10-26)7-25-13-2-3-13/h6,9,12-14,18,25H,2-5,7-8,10H2,1H3,(H,29,30). The van der Waals surface area contributed by atoms with Crippen LogP contribution in [-0.4, -0.2) is 47.5 Å². The van der Waals surface area contributed by atoms with Crippen LogP contribution >= 0.6 is 0 Å². The molecule has 2 aromatic rings. The number of nitrogens with zero attached hydrogens (tertiary/aromatic N) is 2. The Hall–Kier alpha value is -2.48. The Morgan fingerprint density at radius 2 is 2.00 bits per heavy atom. The maximum Gasteiger partial charge on any atom is 0.341 e. The molecule has 2 saturated carbocycles. The Bertz CT molecular complexity index is 1090. The third-order valence-electron chi connectivity index (χ3n) is 6.57. The summed E-state index contributed by atoms with van der Waals surface area (Å²) in [6.07, 6.45) is 4.35. The number of alkyl halides is 1. The van der Waals surface area contributed by atoms with Gasteiger partial charge in [-0.2, -0.15) is 0 Å². The fraction of sp³-hybridized carbons (Fsp3) is 0.545. The van der Waals surface area contributed by atoms with Crippen LogP contribution in [0.2, 0.25) is 0 Å². The lowest BCUT2D eigenvalue weighted by atomic mass is 10.0. The normalized spacial score (nSPS) is 24.0. The van der Waals surface area contributed by atoms with Crippen LogP contribution < -0.4 is 15.6 Å². The summed E-state index contributed by atoms with van der Waals surface area (Å²) in [6.45, 7) is 2.83. The minimum absolute atomic E-state index is 0.0727. The number of fused-ring (bicyclic) bond motifs is 1. The molecule has 2 atom stereocenters. The molecule has 8 heteroatoms. The van der Waals surface area contributed by atoms with E-state index in [1.807, 2.05) is 0 Å². The summed E-state index contributed by atoms with van der Waals surface area (Å²) in [7, 11) is 0. The van der Waals surface area contributed by atoms with Crippen molar-refractivity contribution in [1.29, 1.82) is 0 Å². The number of nitrogens with one attached hydrogen (secondary N) is 1. The Morgan fingerprint density at radius 3 is 2.63 bits per heavy atom. The van der Waals surface area contributed by atoms with Crippen molar-refractivity contribution in [3.05, 3.63) is 39.4 Å². The van der Waals surface area contributed by atoms with E-state index >= 15 is 4.39 Å². The second kappa shape index (κ2) is 7.04. The monoisotopic (exact) mass is 417 g/mol. The van der Waals surface area contributed by atoms with E-state index in [1.54, 1.807) is 16.4 Å². The number of hydrogen-bond donors (Lipinski definition) is 2. The van der Waals surface area contributed by atoms with Gasteiger partial charge in [0, 0.05) is 49.2 Å². The fourth-order valence-corrected chi connectivity index (χ4v) is 4.66. The van der Waals surface area contributed by atoms with Crippen LogP contribution in [0, 0.1) is 18.7 Å². The van der Waals surface area contributed by atoms with Crippen molar-refractivity contribution in [2.24, 2.45) is 5.92 Å². The highest BCUT2D eigenvalue weighted by Gasteiger charge is 2.37. The predicted octanol–water partition coefficient (Wildman–Crippen LogP) is 3.01. The van der Waals surface area contributed by atoms with Gasteiger partial charge in [0.15, 0.2) is 0 Å². The third-order valence-corrected chi connectivity index (χ3v) is 6.57. The van der Waals surface area contributed by atoms with Crippen molar-refractivity contribution in [1.82, 2.24) is 9.88 Å². The van der Waals surface area contributed by atoms with Gasteiger partial charge in [0.2, 0.25) is 5.43 Å². The molecule has 1 aromatic carbocycles. The highest BCUT2D eigenvalue weighted by molar-refractivity contribution is 5.95. The summed E-state index contributed by atoms with van der Waals surface area (Å²) < 4.78 is 31.7. The van der Waals surface area contributed by atoms with Crippen molar-refractivity contribution in [2.75, 3.05) is 24.5 Å². The van der Waals surface area contributed by atoms with Gasteiger partial charge < -0.3 is 19.9 Å². The fourth-order valence-electron chi connectivity index (χ4n) is 4.66. The molecule has 5 rings (SSSR count). The number of aromatic nitrogens is 1. The van der Waals surface area contributed by atoms with Crippen LogP contribution in [0.4, 0.5) is 14.5 Å². The Labute approximate surface area is 172 Å². The van der Waals surface area contributed by atoms with Crippen molar-refractivity contribution >= 4 is 22.6 Å². The Morgan fingerprint density at radius 1 is 1.27 bits per heavy atom. The summed E-state index contributed by atoms with van der Waals surface area (Å²) >= 11 is 0. The number of carbonyl (C=O) groups is 1. The zero-order valence-corrected chi connectivity index (χ0v) is 16.8. The number of rotatable bonds is 6. The van der Waals surface area contributed by atoms with Crippen LogP contribution in [-0.2, 0) is 0 Å². The SMILES string of the molecule is Cc1c(N2CC(F)C(CNC3CC3)C2)c(F)cc2c(=O)c(C(=O)O)cn(C3CC3)c12. The molecule has 0 radical (unpaired) electrons. The number of carboxylic acid groups (broad SMARTS) is 1. The van der Waals surface area contributed by atoms with Crippen LogP contribution in [0.1, 0.15) is 47.6 Å². The smallest absolute Gasteiger partial charge is 0.341 e. The van der Waals surface area contributed by atoms with Crippen molar-refractivity contribution in [2.45, 2.75) is 50.9 Å². The molecule has 1 saturated heterocycles. The summed E-state index contributed by atoms with van der Waals surface area (Å²) in [6, 6.07) is 1.72. The highest BCUT2D eigenvalue weighted by atomic mass is 19.1. The van der Waals surface area contributed by atoms with Crippen LogP contribution in [0.3, 0.4) is 0 Å². The maximum atomic E-state index is 15.2. The minimum Gasteiger partial charge on any atom is -0.477 e. The third kappa shape index (κ3) is 3.27. The molecule has 0 bridgehead atoms. The molecule has 2 aliphatic carbocycles. The van der Waals surface area contributed by atoms with Gasteiger partial charge in [0.1, 0.15) is 17.6 Å². The number of hydrogen-bond acceptors (Lipinski definition) is 4. The molecule has 3 aliphatic rings. The van der Waals surface area contributed by atoms with Gasteiger partial charge in [-0.15, -0.1) is 0 Å². The number of aryl methyl sites for hydroxylation is 1. The second-order valence-electron chi connectivity index (χ2n) is 8.91. The minimum atomic E-state index is -1.32. The molecule has 30 heavy (non-hydrogen) atoms. The number of aromatic carboxylic acids is 1. The molecule has 6 nitrogen and oxygen atoms in total. The zero-order chi connectivity index (χ0) is 21.2. The number of anilines is 1. The van der Waals surface area contributed by atoms with Crippen molar-refractivity contribution in [3.63, 3.8) is 0 Å². The molecular formula is C22H25F2N3O3. The molecule has 2 N–H and O–H groups in total. The average Bonchev–Trinajstić information content (AvgIpc) is 3.60. The Balaban J connectivity index is 1.58. The first-order chi connectivity index (χ1) is 14.3. The van der Waals surface area contributed by atoms with Crippen LogP contribution in [0.15, 0.2) is 17.1 Å². The molecule has 3 fully saturated rings. The van der Waals surface area contributed by atoms with Gasteiger partial charge in [0.05, 0.1) is 11.2 Å². The lowest BCUT2D eigenvalue weighted by molar-refractivity contribution is 0.0695. The Kier molecular flexibility index (Phi) is 4.57. The summed E-state index contributed by atoms with van der Waals surface area (Å²) in [4.78, 5) is 26.0. The predicted molar refractivity (Wildman–Crippen MR) is 110 cm³/mol. The summed E-state index contributed by atoms with van der Waals surface area (Å²) in [5.41, 5.74) is 0.403. The van der Waals surface area contributed by atoms with Gasteiger partial charge in [-0.3, -0.25) is 4.79 Å². The first-order valence-electron chi connectivity index (χ1n) is 10.6. The van der Waals surface area contributed by atoms with E-state index in [2.05, 4.69) is 5.32 Å². The molecule has 2 heterocycles. The second-order valence-corrected chi connectivity index (χ2v) is 8.91. The molecular weight excluding hydrogens is 392 g/mol. The van der Waals surface area contributed by atoms with Crippen molar-refractivity contribution < 1.29 is 18.7 Å². The van der Waals surface area contributed by atoms with E-state index in [-0.39, 0.29) is 29.5 Å². The van der Waals surface area contributed by atoms with E-state index in [4.69, 9.17) is 0 Å². The summed E-state index contributed by atoms with van der Waals surface area (Å²) in [5.74, 6) is -2.13. The van der Waals surface area contributed by atoms with Crippen LogP contribution in [0.25, 0.3) is 10.9 Å². The lowest BCUT2D eigenvalue weighted by Crippen LogP contribution is -2.30. The number of halogens is 2. The van der Waals surface area contributed by atoms with Gasteiger partial charge in [-0.05, 0) is 44.2 Å². The number of carboxylic acids is 1. The number of benzene rings is 1. The zero-order valence-electron chi connectivity index (χ0n) is 16.8. The first-order valence-corrected chi connectivity index (χ1v) is 10.6. The van der Waals surface area contributed by atoms with E-state index in [9.17, 15) is 19.1 Å². The quantitative estimate of drug-likeness (QED) is 0.756. The van der Waals surface area contributed by atoms with Crippen LogP contribution in [0.5, 0.6) is 0 Å². The van der Waals surface area contributed by atoms with E-state index < -0.39 is 23.4 Å². The van der Waals surface area contributed by atoms with Crippen molar-refractivity contribution in [3.8, 4) is 0 Å². The van der Waals surface area contributed by atoms with Gasteiger partial charge in [-0.1, -0.05) is 0 Å². The van der Waals surface area contributed by atoms with E-state index in [0.717, 1.165) is 31.7 Å². The lowest BCUT2D eigenvalue weighted by Gasteiger charge is -2.24. The van der Waals surface area contributed by atoms with E-state index in [1.165, 1.54) is 6.20 Å². The molecule has 0 spiro atoms. The number of pyridine rings is 1. The largest absolute Gasteiger partial charge is 0.477 e. The van der Waals surface area contributed by atoms with Gasteiger partial charge >= 0.3 is 5.97 Å². The van der Waals surface area contributed by atoms with E-state index in [0.29, 0.717) is 35.9 Å². The highest BCUT2D eigenvalue weighted by Crippen LogP contribution is 2.41. The molecule has 160 valence electrons. The molecule has 0 amide bonds.